The highest BCUT2D eigenvalue weighted by molar-refractivity contribution is 5.94. The number of nitrogens with one attached hydrogen (secondary N) is 1. The largest absolute Gasteiger partial charge is 0.497 e. The van der Waals surface area contributed by atoms with Crippen LogP contribution in [-0.2, 0) is 6.42 Å². The summed E-state index contributed by atoms with van der Waals surface area (Å²) in [6, 6.07) is 17.4. The lowest BCUT2D eigenvalue weighted by atomic mass is 10.0. The number of H-pyrrole nitrogens is 1. The number of nitrogens with zero attached hydrogens (tertiary/aromatic N) is 2. The first-order valence-electron chi connectivity index (χ1n) is 8.55. The SMILES string of the molecule is CCc1ncc2c(=O)n(-c3ccc(OC)cc3)[nH]c2c1-c1ccccc1. The van der Waals surface area contributed by atoms with Crippen molar-refractivity contribution in [3.8, 4) is 22.6 Å². The number of rotatable bonds is 4. The highest BCUT2D eigenvalue weighted by Gasteiger charge is 2.16. The number of benzene rings is 2. The van der Waals surface area contributed by atoms with Gasteiger partial charge in [-0.05, 0) is 36.2 Å². The zero-order valence-electron chi connectivity index (χ0n) is 14.7. The Morgan fingerprint density at radius 2 is 1.81 bits per heavy atom. The van der Waals surface area contributed by atoms with E-state index < -0.39 is 0 Å². The molecule has 2 aromatic carbocycles. The molecule has 0 atom stereocenters. The van der Waals surface area contributed by atoms with Crippen molar-refractivity contribution < 1.29 is 4.74 Å². The molecule has 0 aliphatic heterocycles. The van der Waals surface area contributed by atoms with Crippen molar-refractivity contribution in [2.75, 3.05) is 7.11 Å². The Morgan fingerprint density at radius 1 is 1.08 bits per heavy atom. The predicted molar refractivity (Wildman–Crippen MR) is 103 cm³/mol. The maximum atomic E-state index is 12.9. The minimum Gasteiger partial charge on any atom is -0.497 e. The summed E-state index contributed by atoms with van der Waals surface area (Å²) in [5.74, 6) is 0.748. The molecule has 0 bridgehead atoms. The average molecular weight is 345 g/mol. The number of aromatic nitrogens is 3. The number of ether oxygens (including phenoxy) is 1. The van der Waals surface area contributed by atoms with Gasteiger partial charge in [-0.3, -0.25) is 14.9 Å². The summed E-state index contributed by atoms with van der Waals surface area (Å²) < 4.78 is 6.75. The summed E-state index contributed by atoms with van der Waals surface area (Å²) in [7, 11) is 1.62. The van der Waals surface area contributed by atoms with Gasteiger partial charge in [0.15, 0.2) is 0 Å². The van der Waals surface area contributed by atoms with Gasteiger partial charge in [0.2, 0.25) is 0 Å². The van der Waals surface area contributed by atoms with Gasteiger partial charge in [0.1, 0.15) is 5.75 Å². The monoisotopic (exact) mass is 345 g/mol. The van der Waals surface area contributed by atoms with Crippen LogP contribution >= 0.6 is 0 Å². The van der Waals surface area contributed by atoms with Gasteiger partial charge in [-0.1, -0.05) is 37.3 Å². The highest BCUT2D eigenvalue weighted by atomic mass is 16.5. The summed E-state index contributed by atoms with van der Waals surface area (Å²) in [5, 5.41) is 3.86. The average Bonchev–Trinajstić information content (AvgIpc) is 3.04. The molecule has 26 heavy (non-hydrogen) atoms. The van der Waals surface area contributed by atoms with Crippen molar-refractivity contribution in [2.24, 2.45) is 0 Å². The van der Waals surface area contributed by atoms with E-state index in [1.54, 1.807) is 18.0 Å². The van der Waals surface area contributed by atoms with Crippen LogP contribution in [0.5, 0.6) is 5.75 Å². The number of hydrogen-bond acceptors (Lipinski definition) is 3. The molecule has 4 aromatic rings. The third-order valence-corrected chi connectivity index (χ3v) is 4.54. The summed E-state index contributed by atoms with van der Waals surface area (Å²) >= 11 is 0. The van der Waals surface area contributed by atoms with E-state index in [1.807, 2.05) is 54.6 Å². The maximum Gasteiger partial charge on any atom is 0.280 e. The second kappa shape index (κ2) is 6.52. The van der Waals surface area contributed by atoms with Crippen molar-refractivity contribution in [3.05, 3.63) is 76.8 Å². The summed E-state index contributed by atoms with van der Waals surface area (Å²) in [6.07, 6.45) is 2.45. The molecule has 0 fully saturated rings. The molecule has 0 unspecified atom stereocenters. The van der Waals surface area contributed by atoms with Gasteiger partial charge in [-0.25, -0.2) is 4.68 Å². The van der Waals surface area contributed by atoms with Gasteiger partial charge < -0.3 is 4.74 Å². The number of aryl methyl sites for hydroxylation is 1. The van der Waals surface area contributed by atoms with Crippen LogP contribution in [0.4, 0.5) is 0 Å². The molecule has 130 valence electrons. The lowest BCUT2D eigenvalue weighted by Crippen LogP contribution is -2.14. The van der Waals surface area contributed by atoms with Crippen LogP contribution in [0.15, 0.2) is 65.6 Å². The smallest absolute Gasteiger partial charge is 0.280 e. The third-order valence-electron chi connectivity index (χ3n) is 4.54. The van der Waals surface area contributed by atoms with E-state index >= 15 is 0 Å². The Hall–Kier alpha value is -3.34. The van der Waals surface area contributed by atoms with Gasteiger partial charge >= 0.3 is 0 Å². The Bertz CT molecular complexity index is 1110. The van der Waals surface area contributed by atoms with Crippen LogP contribution in [0, 0.1) is 0 Å². The molecule has 0 aliphatic rings. The Labute approximate surface area is 150 Å². The van der Waals surface area contributed by atoms with Crippen molar-refractivity contribution in [1.82, 2.24) is 14.8 Å². The van der Waals surface area contributed by atoms with E-state index in [0.717, 1.165) is 40.2 Å². The molecular weight excluding hydrogens is 326 g/mol. The summed E-state index contributed by atoms with van der Waals surface area (Å²) in [5.41, 5.74) is 4.44. The molecule has 0 spiro atoms. The van der Waals surface area contributed by atoms with Crippen molar-refractivity contribution >= 4 is 10.9 Å². The second-order valence-electron chi connectivity index (χ2n) is 6.04. The number of fused-ring (bicyclic) bond motifs is 1. The van der Waals surface area contributed by atoms with Crippen LogP contribution in [0.25, 0.3) is 27.7 Å². The first-order chi connectivity index (χ1) is 12.7. The summed E-state index contributed by atoms with van der Waals surface area (Å²) in [6.45, 7) is 2.07. The van der Waals surface area contributed by atoms with Crippen LogP contribution in [0.2, 0.25) is 0 Å². The van der Waals surface area contributed by atoms with E-state index in [4.69, 9.17) is 4.74 Å². The molecule has 2 aromatic heterocycles. The van der Waals surface area contributed by atoms with Gasteiger partial charge in [0, 0.05) is 11.8 Å². The minimum absolute atomic E-state index is 0.113. The van der Waals surface area contributed by atoms with E-state index in [-0.39, 0.29) is 5.56 Å². The molecule has 5 nitrogen and oxygen atoms in total. The zero-order chi connectivity index (χ0) is 18.1. The van der Waals surface area contributed by atoms with Gasteiger partial charge in [-0.2, -0.15) is 0 Å². The fourth-order valence-corrected chi connectivity index (χ4v) is 3.21. The van der Waals surface area contributed by atoms with Crippen LogP contribution in [0.3, 0.4) is 0 Å². The fourth-order valence-electron chi connectivity index (χ4n) is 3.21. The van der Waals surface area contributed by atoms with Crippen LogP contribution in [-0.4, -0.2) is 21.9 Å². The lowest BCUT2D eigenvalue weighted by molar-refractivity contribution is 0.414. The van der Waals surface area contributed by atoms with E-state index in [1.165, 1.54) is 0 Å². The first-order valence-corrected chi connectivity index (χ1v) is 8.55. The van der Waals surface area contributed by atoms with E-state index in [0.29, 0.717) is 5.39 Å². The molecular formula is C21H19N3O2. The predicted octanol–water partition coefficient (Wildman–Crippen LogP) is 3.95. The number of methoxy groups -OCH3 is 1. The quantitative estimate of drug-likeness (QED) is 0.609. The maximum absolute atomic E-state index is 12.9. The lowest BCUT2D eigenvalue weighted by Gasteiger charge is -2.08. The van der Waals surface area contributed by atoms with Crippen LogP contribution < -0.4 is 10.3 Å². The van der Waals surface area contributed by atoms with Crippen molar-refractivity contribution in [1.29, 1.82) is 0 Å². The second-order valence-corrected chi connectivity index (χ2v) is 6.04. The number of pyridine rings is 1. The first kappa shape index (κ1) is 16.1. The Balaban J connectivity index is 1.98. The molecule has 0 radical (unpaired) electrons. The zero-order valence-corrected chi connectivity index (χ0v) is 14.7. The molecule has 1 N–H and O–H groups in total. The van der Waals surface area contributed by atoms with Gasteiger partial charge in [0.05, 0.1) is 29.4 Å². The normalized spacial score (nSPS) is 11.0. The van der Waals surface area contributed by atoms with Crippen molar-refractivity contribution in [2.45, 2.75) is 13.3 Å². The third kappa shape index (κ3) is 2.58. The number of aromatic amines is 1. The molecule has 0 saturated carbocycles. The molecule has 0 aliphatic carbocycles. The Kier molecular flexibility index (Phi) is 4.05. The minimum atomic E-state index is -0.113. The Morgan fingerprint density at radius 3 is 2.46 bits per heavy atom. The van der Waals surface area contributed by atoms with Crippen molar-refractivity contribution in [3.63, 3.8) is 0 Å². The molecule has 5 heteroatoms. The highest BCUT2D eigenvalue weighted by Crippen LogP contribution is 2.29. The standard InChI is InChI=1S/C21H19N3O2/c1-3-18-19(14-7-5-4-6-8-14)20-17(13-22-18)21(25)24(23-20)15-9-11-16(26-2)12-10-15/h4-13,23H,3H2,1-2H3. The molecule has 4 rings (SSSR count). The number of hydrogen-bond donors (Lipinski definition) is 1. The van der Waals surface area contributed by atoms with Crippen LogP contribution in [0.1, 0.15) is 12.6 Å². The molecule has 0 amide bonds. The van der Waals surface area contributed by atoms with E-state index in [9.17, 15) is 4.79 Å². The van der Waals surface area contributed by atoms with Gasteiger partial charge in [0.25, 0.3) is 5.56 Å². The van der Waals surface area contributed by atoms with Gasteiger partial charge in [-0.15, -0.1) is 0 Å². The molecule has 0 saturated heterocycles. The fraction of sp³-hybridized carbons (Fsp3) is 0.143. The van der Waals surface area contributed by atoms with E-state index in [2.05, 4.69) is 17.0 Å². The molecule has 2 heterocycles. The topological polar surface area (TPSA) is 59.9 Å². The summed E-state index contributed by atoms with van der Waals surface area (Å²) in [4.78, 5) is 17.5.